The van der Waals surface area contributed by atoms with Crippen molar-refractivity contribution in [1.82, 2.24) is 0 Å². The summed E-state index contributed by atoms with van der Waals surface area (Å²) in [6, 6.07) is 7.13. The molecule has 47 valence electrons. The van der Waals surface area contributed by atoms with E-state index < -0.39 is 6.67 Å². The Labute approximate surface area is 54.3 Å². The highest BCUT2D eigenvalue weighted by Crippen LogP contribution is 2.04. The topological polar surface area (TPSA) is 0 Å². The molecule has 0 aliphatic heterocycles. The summed E-state index contributed by atoms with van der Waals surface area (Å²) in [4.78, 5) is 0. The van der Waals surface area contributed by atoms with Gasteiger partial charge in [-0.25, -0.2) is 4.39 Å². The van der Waals surface area contributed by atoms with Gasteiger partial charge in [-0.2, -0.15) is 0 Å². The van der Waals surface area contributed by atoms with E-state index in [1.165, 1.54) is 0 Å². The summed E-state index contributed by atoms with van der Waals surface area (Å²) in [7, 11) is 0. The van der Waals surface area contributed by atoms with Crippen molar-refractivity contribution in [1.29, 1.82) is 0 Å². The van der Waals surface area contributed by atoms with Gasteiger partial charge in [-0.3, -0.25) is 0 Å². The van der Waals surface area contributed by atoms with Crippen LogP contribution in [-0.2, 0) is 6.67 Å². The molecule has 0 amide bonds. The molecule has 0 aliphatic carbocycles. The summed E-state index contributed by atoms with van der Waals surface area (Å²) in [5, 5.41) is 0. The number of hydrogen-bond acceptors (Lipinski definition) is 0. The second kappa shape index (κ2) is 2.62. The summed E-state index contributed by atoms with van der Waals surface area (Å²) in [6.07, 6.45) is 0. The highest BCUT2D eigenvalue weighted by molar-refractivity contribution is 5.24. The molecule has 1 aromatic rings. The van der Waals surface area contributed by atoms with Crippen molar-refractivity contribution in [2.45, 2.75) is 6.67 Å². The minimum absolute atomic E-state index is 0.399. The van der Waals surface area contributed by atoms with E-state index in [-0.39, 0.29) is 0 Å². The van der Waals surface area contributed by atoms with Crippen molar-refractivity contribution in [3.63, 3.8) is 0 Å². The van der Waals surface area contributed by atoms with E-state index in [2.05, 4.69) is 6.92 Å². The van der Waals surface area contributed by atoms with Crippen LogP contribution < -0.4 is 0 Å². The highest BCUT2D eigenvalue weighted by atomic mass is 19.1. The summed E-state index contributed by atoms with van der Waals surface area (Å²) in [5.41, 5.74) is 1.56. The maximum absolute atomic E-state index is 11.9. The normalized spacial score (nSPS) is 9.56. The van der Waals surface area contributed by atoms with Crippen LogP contribution >= 0.6 is 0 Å². The Balaban J connectivity index is 2.94. The highest BCUT2D eigenvalue weighted by Gasteiger charge is 1.88. The van der Waals surface area contributed by atoms with E-state index in [1.807, 2.05) is 6.07 Å². The van der Waals surface area contributed by atoms with Gasteiger partial charge in [-0.15, -0.1) is 0 Å². The third-order valence-electron chi connectivity index (χ3n) is 1.15. The third-order valence-corrected chi connectivity index (χ3v) is 1.15. The van der Waals surface area contributed by atoms with Gasteiger partial charge in [0.15, 0.2) is 0 Å². The van der Waals surface area contributed by atoms with Crippen LogP contribution in [-0.4, -0.2) is 0 Å². The van der Waals surface area contributed by atoms with Gasteiger partial charge in [0.2, 0.25) is 0 Å². The first-order valence-electron chi connectivity index (χ1n) is 2.80. The summed E-state index contributed by atoms with van der Waals surface area (Å²) < 4.78 is 11.9. The molecule has 0 atom stereocenters. The SMILES string of the molecule is [CH2]c1cccc(CF)c1. The Morgan fingerprint density at radius 3 is 2.67 bits per heavy atom. The van der Waals surface area contributed by atoms with Crippen LogP contribution in [0.15, 0.2) is 24.3 Å². The van der Waals surface area contributed by atoms with Gasteiger partial charge in [0.1, 0.15) is 6.67 Å². The minimum Gasteiger partial charge on any atom is -0.246 e. The van der Waals surface area contributed by atoms with Crippen molar-refractivity contribution in [2.75, 3.05) is 0 Å². The van der Waals surface area contributed by atoms with E-state index in [1.54, 1.807) is 18.2 Å². The molecule has 1 rings (SSSR count). The van der Waals surface area contributed by atoms with Crippen LogP contribution in [0.5, 0.6) is 0 Å². The largest absolute Gasteiger partial charge is 0.246 e. The second-order valence-corrected chi connectivity index (χ2v) is 1.95. The molecule has 0 saturated heterocycles. The molecule has 0 N–H and O–H groups in total. The van der Waals surface area contributed by atoms with E-state index >= 15 is 0 Å². The zero-order valence-electron chi connectivity index (χ0n) is 5.10. The molecular weight excluding hydrogens is 115 g/mol. The molecule has 0 nitrogen and oxygen atoms in total. The number of halogens is 1. The Morgan fingerprint density at radius 1 is 1.44 bits per heavy atom. The Morgan fingerprint density at radius 2 is 2.22 bits per heavy atom. The third kappa shape index (κ3) is 1.53. The molecule has 0 spiro atoms. The molecule has 0 heterocycles. The summed E-state index contributed by atoms with van der Waals surface area (Å²) in [6.45, 7) is 3.26. The first kappa shape index (κ1) is 6.27. The number of hydrogen-bond donors (Lipinski definition) is 0. The standard InChI is InChI=1S/C8H8F/c1-7-3-2-4-8(5-7)6-9/h2-5H,1,6H2. The van der Waals surface area contributed by atoms with Crippen LogP contribution in [0.25, 0.3) is 0 Å². The van der Waals surface area contributed by atoms with Crippen LogP contribution in [0.4, 0.5) is 4.39 Å². The van der Waals surface area contributed by atoms with Crippen molar-refractivity contribution in [2.24, 2.45) is 0 Å². The molecule has 1 aromatic carbocycles. The van der Waals surface area contributed by atoms with Crippen molar-refractivity contribution in [3.8, 4) is 0 Å². The van der Waals surface area contributed by atoms with Gasteiger partial charge in [-0.05, 0) is 18.1 Å². The van der Waals surface area contributed by atoms with E-state index in [9.17, 15) is 4.39 Å². The maximum atomic E-state index is 11.9. The van der Waals surface area contributed by atoms with E-state index in [0.717, 1.165) is 5.56 Å². The number of rotatable bonds is 1. The number of alkyl halides is 1. The van der Waals surface area contributed by atoms with E-state index in [0.29, 0.717) is 5.56 Å². The fourth-order valence-electron chi connectivity index (χ4n) is 0.713. The van der Waals surface area contributed by atoms with Crippen LogP contribution in [0.3, 0.4) is 0 Å². The lowest BCUT2D eigenvalue weighted by atomic mass is 10.2. The molecule has 0 saturated carbocycles. The predicted molar refractivity (Wildman–Crippen MR) is 35.7 cm³/mol. The predicted octanol–water partition coefficient (Wildman–Crippen LogP) is 2.34. The lowest BCUT2D eigenvalue weighted by Crippen LogP contribution is -1.77. The minimum atomic E-state index is -0.399. The molecule has 9 heavy (non-hydrogen) atoms. The Hall–Kier alpha value is -0.850. The molecule has 0 bridgehead atoms. The van der Waals surface area contributed by atoms with Gasteiger partial charge >= 0.3 is 0 Å². The van der Waals surface area contributed by atoms with Gasteiger partial charge in [0.25, 0.3) is 0 Å². The molecule has 0 fully saturated rings. The fraction of sp³-hybridized carbons (Fsp3) is 0.125. The van der Waals surface area contributed by atoms with Crippen LogP contribution in [0.2, 0.25) is 0 Å². The van der Waals surface area contributed by atoms with E-state index in [4.69, 9.17) is 0 Å². The van der Waals surface area contributed by atoms with Crippen LogP contribution in [0, 0.1) is 6.92 Å². The maximum Gasteiger partial charge on any atom is 0.115 e. The zero-order valence-corrected chi connectivity index (χ0v) is 5.10. The molecule has 0 aromatic heterocycles. The quantitative estimate of drug-likeness (QED) is 0.537. The van der Waals surface area contributed by atoms with Crippen LogP contribution in [0.1, 0.15) is 11.1 Å². The molecule has 0 aliphatic rings. The lowest BCUT2D eigenvalue weighted by molar-refractivity contribution is 0.485. The monoisotopic (exact) mass is 123 g/mol. The Bertz CT molecular complexity index is 194. The van der Waals surface area contributed by atoms with Gasteiger partial charge < -0.3 is 0 Å². The van der Waals surface area contributed by atoms with Crippen molar-refractivity contribution >= 4 is 0 Å². The van der Waals surface area contributed by atoms with Gasteiger partial charge in [-0.1, -0.05) is 24.3 Å². The average Bonchev–Trinajstić information content (AvgIpc) is 1.88. The fourth-order valence-corrected chi connectivity index (χ4v) is 0.713. The lowest BCUT2D eigenvalue weighted by Gasteiger charge is -1.93. The zero-order chi connectivity index (χ0) is 6.69. The van der Waals surface area contributed by atoms with Gasteiger partial charge in [0.05, 0.1) is 0 Å². The summed E-state index contributed by atoms with van der Waals surface area (Å²) >= 11 is 0. The molecule has 0 unspecified atom stereocenters. The average molecular weight is 123 g/mol. The van der Waals surface area contributed by atoms with Gasteiger partial charge in [0, 0.05) is 0 Å². The smallest absolute Gasteiger partial charge is 0.115 e. The molecular formula is C8H8F. The van der Waals surface area contributed by atoms with Crippen molar-refractivity contribution in [3.05, 3.63) is 42.3 Å². The molecule has 1 heteroatoms. The first-order valence-corrected chi connectivity index (χ1v) is 2.80. The molecule has 1 radical (unpaired) electrons. The summed E-state index contributed by atoms with van der Waals surface area (Å²) in [5.74, 6) is 0. The Kier molecular flexibility index (Phi) is 1.83. The number of benzene rings is 1. The second-order valence-electron chi connectivity index (χ2n) is 1.95. The first-order chi connectivity index (χ1) is 4.33. The van der Waals surface area contributed by atoms with Crippen molar-refractivity contribution < 1.29 is 4.39 Å².